The van der Waals surface area contributed by atoms with Gasteiger partial charge >= 0.3 is 0 Å². The number of non-ortho nitro benzene ring substituents is 1. The topological polar surface area (TPSA) is 70.8 Å². The van der Waals surface area contributed by atoms with Crippen LogP contribution in [0.15, 0.2) is 30.3 Å². The van der Waals surface area contributed by atoms with Crippen molar-refractivity contribution in [2.45, 2.75) is 13.2 Å². The summed E-state index contributed by atoms with van der Waals surface area (Å²) in [6.07, 6.45) is 0. The van der Waals surface area contributed by atoms with Crippen LogP contribution in [0.3, 0.4) is 0 Å². The third-order valence-corrected chi connectivity index (χ3v) is 4.08. The Kier molecular flexibility index (Phi) is 4.56. The predicted octanol–water partition coefficient (Wildman–Crippen LogP) is 4.35. The van der Waals surface area contributed by atoms with E-state index in [0.717, 1.165) is 0 Å². The quantitative estimate of drug-likeness (QED) is 0.602. The maximum atomic E-state index is 11.1. The fraction of sp³-hybridized carbons (Fsp3) is 0.200. The van der Waals surface area contributed by atoms with Crippen molar-refractivity contribution in [2.24, 2.45) is 0 Å². The first-order valence-electron chi connectivity index (χ1n) is 6.64. The van der Waals surface area contributed by atoms with Crippen LogP contribution in [0.25, 0.3) is 0 Å². The molecule has 1 aliphatic heterocycles. The van der Waals surface area contributed by atoms with Gasteiger partial charge in [0.2, 0.25) is 0 Å². The molecule has 2 aromatic carbocycles. The fourth-order valence-electron chi connectivity index (χ4n) is 2.24. The molecule has 1 aliphatic rings. The van der Waals surface area contributed by atoms with Gasteiger partial charge < -0.3 is 14.2 Å². The molecule has 1 heterocycles. The summed E-state index contributed by atoms with van der Waals surface area (Å²) in [5.74, 6) is 0.937. The van der Waals surface area contributed by atoms with Crippen molar-refractivity contribution in [1.29, 1.82) is 0 Å². The zero-order valence-electron chi connectivity index (χ0n) is 11.8. The highest BCUT2D eigenvalue weighted by molar-refractivity contribution is 6.42. The molecule has 0 N–H and O–H groups in total. The fourth-order valence-corrected chi connectivity index (χ4v) is 2.59. The van der Waals surface area contributed by atoms with E-state index in [4.69, 9.17) is 37.4 Å². The summed E-state index contributed by atoms with van der Waals surface area (Å²) in [4.78, 5) is 10.6. The lowest BCUT2D eigenvalue weighted by atomic mass is 10.1. The van der Waals surface area contributed by atoms with E-state index in [1.165, 1.54) is 12.1 Å². The summed E-state index contributed by atoms with van der Waals surface area (Å²) in [6, 6.07) is 7.87. The molecule has 0 saturated heterocycles. The van der Waals surface area contributed by atoms with Crippen molar-refractivity contribution in [2.75, 3.05) is 6.79 Å². The van der Waals surface area contributed by atoms with Gasteiger partial charge in [0.05, 0.1) is 16.6 Å². The van der Waals surface area contributed by atoms with E-state index in [9.17, 15) is 10.1 Å². The Morgan fingerprint density at radius 1 is 1.30 bits per heavy atom. The summed E-state index contributed by atoms with van der Waals surface area (Å²) < 4.78 is 16.3. The number of nitrogens with zero attached hydrogens (tertiary/aromatic N) is 1. The molecule has 2 aromatic rings. The minimum absolute atomic E-state index is 0.0476. The highest BCUT2D eigenvalue weighted by Gasteiger charge is 2.21. The van der Waals surface area contributed by atoms with Gasteiger partial charge in [-0.3, -0.25) is 10.1 Å². The zero-order chi connectivity index (χ0) is 16.4. The SMILES string of the molecule is O=[N+]([O-])c1cc2c(c(COc3cccc(Cl)c3Cl)c1)OCOC2. The molecule has 8 heteroatoms. The molecule has 0 aromatic heterocycles. The molecule has 0 saturated carbocycles. The van der Waals surface area contributed by atoms with Crippen molar-refractivity contribution in [3.8, 4) is 11.5 Å². The highest BCUT2D eigenvalue weighted by Crippen LogP contribution is 2.35. The van der Waals surface area contributed by atoms with E-state index in [0.29, 0.717) is 27.6 Å². The first-order valence-corrected chi connectivity index (χ1v) is 7.39. The molecule has 0 unspecified atom stereocenters. The monoisotopic (exact) mass is 355 g/mol. The molecule has 0 spiro atoms. The Bertz CT molecular complexity index is 766. The molecule has 0 atom stereocenters. The van der Waals surface area contributed by atoms with Crippen LogP contribution in [0.2, 0.25) is 10.0 Å². The number of ether oxygens (including phenoxy) is 3. The van der Waals surface area contributed by atoms with E-state index < -0.39 is 4.92 Å². The van der Waals surface area contributed by atoms with E-state index in [1.807, 2.05) is 0 Å². The minimum atomic E-state index is -0.468. The standard InChI is InChI=1S/C15H11Cl2NO5/c16-12-2-1-3-13(14(12)17)22-7-10-5-11(18(19)20)4-9-6-21-8-23-15(9)10/h1-5H,6-8H2. The second-order valence-electron chi connectivity index (χ2n) is 4.80. The van der Waals surface area contributed by atoms with Gasteiger partial charge in [-0.15, -0.1) is 0 Å². The van der Waals surface area contributed by atoms with Crippen molar-refractivity contribution in [3.63, 3.8) is 0 Å². The van der Waals surface area contributed by atoms with Crippen LogP contribution in [-0.4, -0.2) is 11.7 Å². The number of halogens is 2. The predicted molar refractivity (Wildman–Crippen MR) is 84.2 cm³/mol. The molecular weight excluding hydrogens is 345 g/mol. The number of benzene rings is 2. The Morgan fingerprint density at radius 2 is 2.13 bits per heavy atom. The Labute approximate surface area is 141 Å². The Hall–Kier alpha value is -2.02. The number of fused-ring (bicyclic) bond motifs is 1. The van der Waals surface area contributed by atoms with Gasteiger partial charge in [0.1, 0.15) is 23.1 Å². The first kappa shape index (κ1) is 15.9. The van der Waals surface area contributed by atoms with Gasteiger partial charge in [-0.25, -0.2) is 0 Å². The van der Waals surface area contributed by atoms with Crippen molar-refractivity contribution < 1.29 is 19.1 Å². The summed E-state index contributed by atoms with van der Waals surface area (Å²) >= 11 is 12.0. The number of hydrogen-bond donors (Lipinski definition) is 0. The van der Waals surface area contributed by atoms with Crippen molar-refractivity contribution >= 4 is 28.9 Å². The summed E-state index contributed by atoms with van der Waals surface area (Å²) in [5.41, 5.74) is 1.11. The van der Waals surface area contributed by atoms with Crippen LogP contribution in [0.4, 0.5) is 5.69 Å². The number of hydrogen-bond acceptors (Lipinski definition) is 5. The zero-order valence-corrected chi connectivity index (χ0v) is 13.3. The lowest BCUT2D eigenvalue weighted by Crippen LogP contribution is -2.14. The summed E-state index contributed by atoms with van der Waals surface area (Å²) in [7, 11) is 0. The van der Waals surface area contributed by atoms with Gasteiger partial charge in [0.15, 0.2) is 6.79 Å². The average molecular weight is 356 g/mol. The van der Waals surface area contributed by atoms with Gasteiger partial charge in [-0.05, 0) is 12.1 Å². The highest BCUT2D eigenvalue weighted by atomic mass is 35.5. The number of nitro benzene ring substituents is 1. The second kappa shape index (κ2) is 6.62. The molecule has 120 valence electrons. The maximum absolute atomic E-state index is 11.1. The number of rotatable bonds is 4. The normalized spacial score (nSPS) is 13.1. The minimum Gasteiger partial charge on any atom is -0.487 e. The third kappa shape index (κ3) is 3.34. The smallest absolute Gasteiger partial charge is 0.270 e. The van der Waals surface area contributed by atoms with E-state index >= 15 is 0 Å². The van der Waals surface area contributed by atoms with Gasteiger partial charge in [-0.1, -0.05) is 29.3 Å². The lowest BCUT2D eigenvalue weighted by Gasteiger charge is -2.20. The van der Waals surface area contributed by atoms with E-state index in [-0.39, 0.29) is 30.7 Å². The van der Waals surface area contributed by atoms with Crippen LogP contribution < -0.4 is 9.47 Å². The van der Waals surface area contributed by atoms with Crippen LogP contribution in [0, 0.1) is 10.1 Å². The van der Waals surface area contributed by atoms with Crippen LogP contribution in [0.1, 0.15) is 11.1 Å². The Morgan fingerprint density at radius 3 is 2.91 bits per heavy atom. The molecule has 23 heavy (non-hydrogen) atoms. The van der Waals surface area contributed by atoms with Crippen molar-refractivity contribution in [1.82, 2.24) is 0 Å². The molecular formula is C15H11Cl2NO5. The van der Waals surface area contributed by atoms with Crippen LogP contribution >= 0.6 is 23.2 Å². The Balaban J connectivity index is 1.91. The average Bonchev–Trinajstić information content (AvgIpc) is 2.55. The molecule has 6 nitrogen and oxygen atoms in total. The summed E-state index contributed by atoms with van der Waals surface area (Å²) in [5, 5.41) is 11.7. The maximum Gasteiger partial charge on any atom is 0.270 e. The van der Waals surface area contributed by atoms with Crippen molar-refractivity contribution in [3.05, 3.63) is 61.6 Å². The molecule has 0 amide bonds. The molecule has 0 radical (unpaired) electrons. The largest absolute Gasteiger partial charge is 0.487 e. The molecule has 3 rings (SSSR count). The van der Waals surface area contributed by atoms with Crippen LogP contribution in [0.5, 0.6) is 11.5 Å². The second-order valence-corrected chi connectivity index (χ2v) is 5.59. The lowest BCUT2D eigenvalue weighted by molar-refractivity contribution is -0.385. The molecule has 0 fully saturated rings. The van der Waals surface area contributed by atoms with Gasteiger partial charge in [-0.2, -0.15) is 0 Å². The van der Waals surface area contributed by atoms with Crippen LogP contribution in [-0.2, 0) is 18.0 Å². The van der Waals surface area contributed by atoms with Gasteiger partial charge in [0.25, 0.3) is 5.69 Å². The number of nitro groups is 1. The first-order chi connectivity index (χ1) is 11.1. The summed E-state index contributed by atoms with van der Waals surface area (Å²) in [6.45, 7) is 0.405. The van der Waals surface area contributed by atoms with Gasteiger partial charge in [0, 0.05) is 23.3 Å². The molecule has 0 bridgehead atoms. The molecule has 0 aliphatic carbocycles. The third-order valence-electron chi connectivity index (χ3n) is 3.28. The van der Waals surface area contributed by atoms with E-state index in [1.54, 1.807) is 18.2 Å². The van der Waals surface area contributed by atoms with E-state index in [2.05, 4.69) is 0 Å².